The van der Waals surface area contributed by atoms with E-state index in [1.165, 1.54) is 18.2 Å². The molecule has 3 N–H and O–H groups in total. The lowest BCUT2D eigenvalue weighted by Crippen LogP contribution is -2.30. The van der Waals surface area contributed by atoms with Gasteiger partial charge in [-0.05, 0) is 25.1 Å². The Bertz CT molecular complexity index is 499. The molecule has 0 unspecified atom stereocenters. The number of hydrogen-bond acceptors (Lipinski definition) is 5. The number of carbonyl (C=O) groups excluding carboxylic acids is 1. The molecule has 0 atom stereocenters. The smallest absolute Gasteiger partial charge is 0.321 e. The molecule has 17 heavy (non-hydrogen) atoms. The first kappa shape index (κ1) is 13.5. The number of nitrogens with two attached hydrogens (primary N) is 1. The van der Waals surface area contributed by atoms with Crippen LogP contribution >= 0.6 is 0 Å². The number of hydrogen-bond donors (Lipinski definition) is 2. The van der Waals surface area contributed by atoms with Gasteiger partial charge in [0.25, 0.3) is 0 Å². The Morgan fingerprint density at radius 3 is 2.76 bits per heavy atom. The number of carbonyl (C=O) groups is 1. The van der Waals surface area contributed by atoms with Crippen LogP contribution in [0.5, 0.6) is 0 Å². The van der Waals surface area contributed by atoms with Gasteiger partial charge in [-0.2, -0.15) is 4.72 Å². The highest BCUT2D eigenvalue weighted by atomic mass is 32.2. The van der Waals surface area contributed by atoms with Crippen LogP contribution in [0.3, 0.4) is 0 Å². The van der Waals surface area contributed by atoms with Crippen molar-refractivity contribution in [2.24, 2.45) is 0 Å². The van der Waals surface area contributed by atoms with E-state index in [0.29, 0.717) is 5.69 Å². The summed E-state index contributed by atoms with van der Waals surface area (Å²) in [7, 11) is -3.73. The van der Waals surface area contributed by atoms with Crippen LogP contribution in [-0.4, -0.2) is 27.5 Å². The standard InChI is InChI=1S/C10H14N2O4S/c1-2-16-10(13)7-12-17(14,15)9-5-3-4-8(11)6-9/h3-6,12H,2,7,11H2,1H3. The second kappa shape index (κ2) is 5.65. The molecule has 0 aromatic heterocycles. The minimum Gasteiger partial charge on any atom is -0.465 e. The summed E-state index contributed by atoms with van der Waals surface area (Å²) >= 11 is 0. The van der Waals surface area contributed by atoms with Gasteiger partial charge >= 0.3 is 5.97 Å². The largest absolute Gasteiger partial charge is 0.465 e. The zero-order valence-electron chi connectivity index (χ0n) is 9.34. The second-order valence-electron chi connectivity index (χ2n) is 3.20. The zero-order chi connectivity index (χ0) is 12.9. The highest BCUT2D eigenvalue weighted by molar-refractivity contribution is 7.89. The highest BCUT2D eigenvalue weighted by Gasteiger charge is 2.15. The Hall–Kier alpha value is -1.60. The van der Waals surface area contributed by atoms with Crippen molar-refractivity contribution in [1.82, 2.24) is 4.72 Å². The molecular formula is C10H14N2O4S. The molecule has 0 radical (unpaired) electrons. The van der Waals surface area contributed by atoms with Crippen molar-refractivity contribution < 1.29 is 17.9 Å². The number of esters is 1. The number of sulfonamides is 1. The molecule has 1 aromatic carbocycles. The van der Waals surface area contributed by atoms with Crippen molar-refractivity contribution in [3.05, 3.63) is 24.3 Å². The number of rotatable bonds is 5. The van der Waals surface area contributed by atoms with Crippen LogP contribution in [0.15, 0.2) is 29.2 Å². The van der Waals surface area contributed by atoms with Gasteiger partial charge in [0.2, 0.25) is 10.0 Å². The molecule has 0 aliphatic rings. The van der Waals surface area contributed by atoms with E-state index in [4.69, 9.17) is 5.73 Å². The fourth-order valence-electron chi connectivity index (χ4n) is 1.13. The van der Waals surface area contributed by atoms with Gasteiger partial charge in [-0.15, -0.1) is 0 Å². The summed E-state index contributed by atoms with van der Waals surface area (Å²) in [6.07, 6.45) is 0. The van der Waals surface area contributed by atoms with E-state index in [1.807, 2.05) is 0 Å². The fourth-order valence-corrected chi connectivity index (χ4v) is 2.15. The lowest BCUT2D eigenvalue weighted by atomic mass is 10.3. The first-order valence-corrected chi connectivity index (χ1v) is 6.45. The summed E-state index contributed by atoms with van der Waals surface area (Å²) in [5.41, 5.74) is 5.81. The molecule has 0 saturated heterocycles. The molecule has 0 fully saturated rings. The third-order valence-electron chi connectivity index (χ3n) is 1.88. The van der Waals surface area contributed by atoms with Gasteiger partial charge in [0.15, 0.2) is 0 Å². The lowest BCUT2D eigenvalue weighted by molar-refractivity contribution is -0.141. The average Bonchev–Trinajstić information content (AvgIpc) is 2.27. The molecule has 0 heterocycles. The number of anilines is 1. The highest BCUT2D eigenvalue weighted by Crippen LogP contribution is 2.12. The topological polar surface area (TPSA) is 98.5 Å². The van der Waals surface area contributed by atoms with Crippen LogP contribution in [0.4, 0.5) is 5.69 Å². The van der Waals surface area contributed by atoms with Crippen molar-refractivity contribution >= 4 is 21.7 Å². The fraction of sp³-hybridized carbons (Fsp3) is 0.300. The van der Waals surface area contributed by atoms with Gasteiger partial charge in [-0.25, -0.2) is 8.42 Å². The first-order chi connectivity index (χ1) is 7.95. The van der Waals surface area contributed by atoms with Gasteiger partial charge < -0.3 is 10.5 Å². The normalized spacial score (nSPS) is 11.1. The minimum atomic E-state index is -3.73. The Labute approximate surface area is 99.8 Å². The van der Waals surface area contributed by atoms with Gasteiger partial charge in [-0.3, -0.25) is 4.79 Å². The molecule has 0 amide bonds. The van der Waals surface area contributed by atoms with E-state index >= 15 is 0 Å². The maximum Gasteiger partial charge on any atom is 0.321 e. The zero-order valence-corrected chi connectivity index (χ0v) is 10.2. The maximum absolute atomic E-state index is 11.7. The van der Waals surface area contributed by atoms with Gasteiger partial charge in [0, 0.05) is 5.69 Å². The number of benzene rings is 1. The lowest BCUT2D eigenvalue weighted by Gasteiger charge is -2.06. The Kier molecular flexibility index (Phi) is 4.47. The minimum absolute atomic E-state index is 0.0156. The maximum atomic E-state index is 11.7. The summed E-state index contributed by atoms with van der Waals surface area (Å²) < 4.78 is 30.2. The van der Waals surface area contributed by atoms with E-state index in [9.17, 15) is 13.2 Å². The van der Waals surface area contributed by atoms with Crippen molar-refractivity contribution in [3.63, 3.8) is 0 Å². The number of nitrogen functional groups attached to an aromatic ring is 1. The van der Waals surface area contributed by atoms with Crippen LogP contribution in [0, 0.1) is 0 Å². The quantitative estimate of drug-likeness (QED) is 0.577. The van der Waals surface area contributed by atoms with E-state index in [1.54, 1.807) is 13.0 Å². The molecule has 94 valence electrons. The van der Waals surface area contributed by atoms with Crippen molar-refractivity contribution in [2.45, 2.75) is 11.8 Å². The summed E-state index contributed by atoms with van der Waals surface area (Å²) in [4.78, 5) is 11.0. The van der Waals surface area contributed by atoms with Crippen molar-refractivity contribution in [1.29, 1.82) is 0 Å². The molecule has 0 aliphatic carbocycles. The molecule has 0 aliphatic heterocycles. The van der Waals surface area contributed by atoms with Crippen LogP contribution < -0.4 is 10.5 Å². The first-order valence-electron chi connectivity index (χ1n) is 4.96. The molecular weight excluding hydrogens is 244 g/mol. The van der Waals surface area contributed by atoms with E-state index in [2.05, 4.69) is 9.46 Å². The summed E-state index contributed by atoms with van der Waals surface area (Å²) in [5.74, 6) is -0.625. The van der Waals surface area contributed by atoms with E-state index in [-0.39, 0.29) is 11.5 Å². The molecule has 0 saturated carbocycles. The monoisotopic (exact) mass is 258 g/mol. The molecule has 1 rings (SSSR count). The number of nitrogens with one attached hydrogen (secondary N) is 1. The van der Waals surface area contributed by atoms with Gasteiger partial charge in [0.1, 0.15) is 6.54 Å². The predicted molar refractivity (Wildman–Crippen MR) is 62.7 cm³/mol. The SMILES string of the molecule is CCOC(=O)CNS(=O)(=O)c1cccc(N)c1. The van der Waals surface area contributed by atoms with E-state index in [0.717, 1.165) is 0 Å². The summed E-state index contributed by atoms with van der Waals surface area (Å²) in [5, 5.41) is 0. The second-order valence-corrected chi connectivity index (χ2v) is 4.97. The Morgan fingerprint density at radius 2 is 2.18 bits per heavy atom. The summed E-state index contributed by atoms with van der Waals surface area (Å²) in [6.45, 7) is 1.45. The summed E-state index contributed by atoms with van der Waals surface area (Å²) in [6, 6.07) is 5.80. The van der Waals surface area contributed by atoms with Crippen LogP contribution in [0.2, 0.25) is 0 Å². The molecule has 7 heteroatoms. The van der Waals surface area contributed by atoms with Gasteiger partial charge in [0.05, 0.1) is 11.5 Å². The Morgan fingerprint density at radius 1 is 1.47 bits per heavy atom. The van der Waals surface area contributed by atoms with Crippen LogP contribution in [0.25, 0.3) is 0 Å². The molecule has 1 aromatic rings. The molecule has 0 spiro atoms. The predicted octanol–water partition coefficient (Wildman–Crippen LogP) is 0.110. The van der Waals surface area contributed by atoms with Crippen molar-refractivity contribution in [2.75, 3.05) is 18.9 Å². The Balaban J connectivity index is 2.73. The third-order valence-corrected chi connectivity index (χ3v) is 3.28. The van der Waals surface area contributed by atoms with Crippen molar-refractivity contribution in [3.8, 4) is 0 Å². The average molecular weight is 258 g/mol. The van der Waals surface area contributed by atoms with Gasteiger partial charge in [-0.1, -0.05) is 6.07 Å². The van der Waals surface area contributed by atoms with Crippen LogP contribution in [-0.2, 0) is 19.6 Å². The third kappa shape index (κ3) is 4.04. The van der Waals surface area contributed by atoms with E-state index < -0.39 is 22.5 Å². The molecule has 6 nitrogen and oxygen atoms in total. The number of ether oxygens (including phenoxy) is 1. The van der Waals surface area contributed by atoms with Crippen LogP contribution in [0.1, 0.15) is 6.92 Å². The molecule has 0 bridgehead atoms.